The summed E-state index contributed by atoms with van der Waals surface area (Å²) < 4.78 is 34.3. The molecular formula is C22H17F2N3O. The van der Waals surface area contributed by atoms with E-state index >= 15 is 0 Å². The molecule has 6 heteroatoms. The van der Waals surface area contributed by atoms with E-state index in [1.807, 2.05) is 30.3 Å². The van der Waals surface area contributed by atoms with Gasteiger partial charge in [-0.2, -0.15) is 0 Å². The number of aromatic nitrogens is 2. The topological polar surface area (TPSA) is 51.0 Å². The Bertz CT molecular complexity index is 1100. The van der Waals surface area contributed by atoms with Crippen LogP contribution < -0.4 is 5.32 Å². The number of aryl methyl sites for hydroxylation is 1. The van der Waals surface area contributed by atoms with Crippen LogP contribution in [-0.4, -0.2) is 10.2 Å². The molecule has 0 amide bonds. The predicted octanol–water partition coefficient (Wildman–Crippen LogP) is 5.52. The molecule has 0 spiro atoms. The first-order chi connectivity index (χ1) is 13.6. The highest BCUT2D eigenvalue weighted by molar-refractivity contribution is 5.53. The highest BCUT2D eigenvalue weighted by atomic mass is 19.1. The maximum absolute atomic E-state index is 14.5. The third-order valence-electron chi connectivity index (χ3n) is 4.41. The minimum atomic E-state index is -0.770. The lowest BCUT2D eigenvalue weighted by Gasteiger charge is -2.18. The molecule has 0 fully saturated rings. The Morgan fingerprint density at radius 3 is 2.36 bits per heavy atom. The molecule has 140 valence electrons. The summed E-state index contributed by atoms with van der Waals surface area (Å²) in [6.07, 6.45) is 0. The smallest absolute Gasteiger partial charge is 0.247 e. The molecule has 1 aromatic heterocycles. The summed E-state index contributed by atoms with van der Waals surface area (Å²) in [5, 5.41) is 11.3. The van der Waals surface area contributed by atoms with Crippen LogP contribution in [0, 0.1) is 18.6 Å². The molecular weight excluding hydrogens is 360 g/mol. The van der Waals surface area contributed by atoms with E-state index in [-0.39, 0.29) is 11.7 Å². The lowest BCUT2D eigenvalue weighted by molar-refractivity contribution is 0.485. The fraction of sp³-hybridized carbons (Fsp3) is 0.0909. The Labute approximate surface area is 160 Å². The normalized spacial score (nSPS) is 12.0. The van der Waals surface area contributed by atoms with Crippen molar-refractivity contribution in [3.63, 3.8) is 0 Å². The molecule has 0 aliphatic rings. The van der Waals surface area contributed by atoms with Crippen molar-refractivity contribution in [1.82, 2.24) is 10.2 Å². The van der Waals surface area contributed by atoms with E-state index in [2.05, 4.69) is 15.5 Å². The number of nitrogens with zero attached hydrogens (tertiary/aromatic N) is 2. The van der Waals surface area contributed by atoms with Crippen molar-refractivity contribution < 1.29 is 13.2 Å². The van der Waals surface area contributed by atoms with Gasteiger partial charge in [-0.1, -0.05) is 42.5 Å². The second kappa shape index (κ2) is 7.60. The van der Waals surface area contributed by atoms with Crippen molar-refractivity contribution in [1.29, 1.82) is 0 Å². The molecule has 0 bridgehead atoms. The van der Waals surface area contributed by atoms with Gasteiger partial charge in [0.2, 0.25) is 11.8 Å². The van der Waals surface area contributed by atoms with Crippen LogP contribution in [0.4, 0.5) is 14.5 Å². The Morgan fingerprint density at radius 1 is 0.857 bits per heavy atom. The van der Waals surface area contributed by atoms with Crippen LogP contribution in [0.25, 0.3) is 11.5 Å². The third kappa shape index (κ3) is 3.62. The van der Waals surface area contributed by atoms with E-state index in [9.17, 15) is 8.78 Å². The lowest BCUT2D eigenvalue weighted by Crippen LogP contribution is -2.14. The maximum atomic E-state index is 14.5. The molecule has 1 N–H and O–H groups in total. The molecule has 1 heterocycles. The molecule has 1 atom stereocenters. The number of nitrogens with one attached hydrogen (secondary N) is 1. The summed E-state index contributed by atoms with van der Waals surface area (Å²) in [6.45, 7) is 1.68. The molecule has 1 unspecified atom stereocenters. The number of benzene rings is 3. The molecule has 0 aliphatic heterocycles. The van der Waals surface area contributed by atoms with Crippen molar-refractivity contribution in [2.75, 3.05) is 5.32 Å². The van der Waals surface area contributed by atoms with E-state index in [1.54, 1.807) is 37.3 Å². The first-order valence-electron chi connectivity index (χ1n) is 8.78. The summed E-state index contributed by atoms with van der Waals surface area (Å²) >= 11 is 0. The van der Waals surface area contributed by atoms with Gasteiger partial charge in [0, 0.05) is 16.8 Å². The minimum Gasteiger partial charge on any atom is -0.418 e. The van der Waals surface area contributed by atoms with Gasteiger partial charge in [0.25, 0.3) is 0 Å². The molecule has 3 aromatic carbocycles. The van der Waals surface area contributed by atoms with Crippen LogP contribution in [0.3, 0.4) is 0 Å². The van der Waals surface area contributed by atoms with Crippen LogP contribution in [0.2, 0.25) is 0 Å². The van der Waals surface area contributed by atoms with Crippen LogP contribution >= 0.6 is 0 Å². The van der Waals surface area contributed by atoms with Crippen LogP contribution in [0.5, 0.6) is 0 Å². The van der Waals surface area contributed by atoms with Crippen molar-refractivity contribution in [3.05, 3.63) is 101 Å². The molecule has 0 aliphatic carbocycles. The molecule has 0 saturated heterocycles. The summed E-state index contributed by atoms with van der Waals surface area (Å²) in [5.74, 6) is -0.265. The second-order valence-electron chi connectivity index (χ2n) is 6.37. The van der Waals surface area contributed by atoms with Gasteiger partial charge in [-0.25, -0.2) is 8.78 Å². The van der Waals surface area contributed by atoms with E-state index in [0.29, 0.717) is 22.7 Å². The first-order valence-corrected chi connectivity index (χ1v) is 8.78. The summed E-state index contributed by atoms with van der Waals surface area (Å²) in [7, 11) is 0. The number of halogens is 2. The SMILES string of the molecule is Cc1ccc(NC(c2nnc(-c3ccccc3)o2)c2ccccc2F)cc1F. The summed E-state index contributed by atoms with van der Waals surface area (Å²) in [6, 6.07) is 19.6. The van der Waals surface area contributed by atoms with Crippen molar-refractivity contribution in [3.8, 4) is 11.5 Å². The van der Waals surface area contributed by atoms with E-state index in [1.165, 1.54) is 12.1 Å². The molecule has 28 heavy (non-hydrogen) atoms. The Morgan fingerprint density at radius 2 is 1.61 bits per heavy atom. The molecule has 4 rings (SSSR count). The van der Waals surface area contributed by atoms with Crippen molar-refractivity contribution in [2.45, 2.75) is 13.0 Å². The largest absolute Gasteiger partial charge is 0.418 e. The standard InChI is InChI=1S/C22H17F2N3O/c1-14-11-12-16(13-19(14)24)25-20(17-9-5-6-10-18(17)23)22-27-26-21(28-22)15-7-3-2-4-8-15/h2-13,20,25H,1H3. The highest BCUT2D eigenvalue weighted by Crippen LogP contribution is 2.30. The van der Waals surface area contributed by atoms with Crippen LogP contribution in [0.15, 0.2) is 77.2 Å². The third-order valence-corrected chi connectivity index (χ3v) is 4.41. The number of hydrogen-bond donors (Lipinski definition) is 1. The van der Waals surface area contributed by atoms with Gasteiger partial charge in [-0.15, -0.1) is 10.2 Å². The van der Waals surface area contributed by atoms with E-state index < -0.39 is 11.9 Å². The fourth-order valence-corrected chi connectivity index (χ4v) is 2.88. The Hall–Kier alpha value is -3.54. The highest BCUT2D eigenvalue weighted by Gasteiger charge is 2.24. The lowest BCUT2D eigenvalue weighted by atomic mass is 10.1. The average Bonchev–Trinajstić information content (AvgIpc) is 3.20. The van der Waals surface area contributed by atoms with Crippen LogP contribution in [-0.2, 0) is 0 Å². The zero-order valence-corrected chi connectivity index (χ0v) is 15.1. The average molecular weight is 377 g/mol. The van der Waals surface area contributed by atoms with Gasteiger partial charge in [0.15, 0.2) is 0 Å². The zero-order chi connectivity index (χ0) is 19.5. The molecule has 4 nitrogen and oxygen atoms in total. The summed E-state index contributed by atoms with van der Waals surface area (Å²) in [5.41, 5.74) is 2.09. The minimum absolute atomic E-state index is 0.185. The quantitative estimate of drug-likeness (QED) is 0.497. The van der Waals surface area contributed by atoms with E-state index in [0.717, 1.165) is 5.56 Å². The van der Waals surface area contributed by atoms with Crippen molar-refractivity contribution >= 4 is 5.69 Å². The van der Waals surface area contributed by atoms with E-state index in [4.69, 9.17) is 4.42 Å². The Kier molecular flexibility index (Phi) is 4.85. The Balaban J connectivity index is 1.74. The number of anilines is 1. The fourth-order valence-electron chi connectivity index (χ4n) is 2.88. The van der Waals surface area contributed by atoms with Gasteiger partial charge < -0.3 is 9.73 Å². The monoisotopic (exact) mass is 377 g/mol. The predicted molar refractivity (Wildman–Crippen MR) is 103 cm³/mol. The molecule has 0 radical (unpaired) electrons. The number of hydrogen-bond acceptors (Lipinski definition) is 4. The first kappa shape index (κ1) is 17.9. The zero-order valence-electron chi connectivity index (χ0n) is 15.1. The summed E-state index contributed by atoms with van der Waals surface area (Å²) in [4.78, 5) is 0. The van der Waals surface area contributed by atoms with Gasteiger partial charge >= 0.3 is 0 Å². The van der Waals surface area contributed by atoms with Gasteiger partial charge in [0.1, 0.15) is 17.7 Å². The van der Waals surface area contributed by atoms with Gasteiger partial charge in [-0.3, -0.25) is 0 Å². The van der Waals surface area contributed by atoms with Gasteiger partial charge in [0.05, 0.1) is 0 Å². The number of rotatable bonds is 5. The van der Waals surface area contributed by atoms with Crippen molar-refractivity contribution in [2.24, 2.45) is 0 Å². The second-order valence-corrected chi connectivity index (χ2v) is 6.37. The maximum Gasteiger partial charge on any atom is 0.247 e. The van der Waals surface area contributed by atoms with Gasteiger partial charge in [-0.05, 0) is 42.8 Å². The molecule has 4 aromatic rings. The molecule has 0 saturated carbocycles. The van der Waals surface area contributed by atoms with Crippen LogP contribution in [0.1, 0.15) is 23.1 Å².